The maximum absolute atomic E-state index is 13.8. The summed E-state index contributed by atoms with van der Waals surface area (Å²) in [6.45, 7) is 0. The number of anilines is 2. The lowest BCUT2D eigenvalue weighted by Crippen LogP contribution is -2.30. The van der Waals surface area contributed by atoms with Crippen LogP contribution in [0.15, 0.2) is 90.1 Å². The molecule has 39 heavy (non-hydrogen) atoms. The molecule has 0 aliphatic heterocycles. The molecule has 1 heterocycles. The molecule has 1 amide bonds. The highest BCUT2D eigenvalue weighted by Gasteiger charge is 2.47. The van der Waals surface area contributed by atoms with E-state index in [-0.39, 0.29) is 34.4 Å². The number of nitrogens with zero attached hydrogens (tertiary/aromatic N) is 3. The van der Waals surface area contributed by atoms with Gasteiger partial charge < -0.3 is 0 Å². The Morgan fingerprint density at radius 3 is 2.28 bits per heavy atom. The number of benzene rings is 3. The third-order valence-corrected chi connectivity index (χ3v) is 8.75. The summed E-state index contributed by atoms with van der Waals surface area (Å²) in [7, 11) is -3.90. The van der Waals surface area contributed by atoms with E-state index in [0.29, 0.717) is 24.9 Å². The van der Waals surface area contributed by atoms with Gasteiger partial charge in [0, 0.05) is 24.4 Å². The number of sulfonamides is 1. The Bertz CT molecular complexity index is 1630. The van der Waals surface area contributed by atoms with Gasteiger partial charge >= 0.3 is 0 Å². The Kier molecular flexibility index (Phi) is 6.44. The molecule has 1 N–H and O–H groups in total. The minimum atomic E-state index is -3.90. The first-order valence-electron chi connectivity index (χ1n) is 12.6. The van der Waals surface area contributed by atoms with Gasteiger partial charge in [-0.25, -0.2) is 36.8 Å². The Morgan fingerprint density at radius 2 is 1.59 bits per heavy atom. The third-order valence-electron chi connectivity index (χ3n) is 7.27. The highest BCUT2D eigenvalue weighted by atomic mass is 32.2. The van der Waals surface area contributed by atoms with E-state index in [9.17, 15) is 22.0 Å². The van der Waals surface area contributed by atoms with Crippen LogP contribution in [-0.4, -0.2) is 24.3 Å². The molecule has 4 aromatic rings. The molecule has 0 saturated heterocycles. The summed E-state index contributed by atoms with van der Waals surface area (Å²) in [4.78, 5) is 23.9. The number of amides is 1. The van der Waals surface area contributed by atoms with Crippen molar-refractivity contribution in [3.8, 4) is 0 Å². The summed E-state index contributed by atoms with van der Waals surface area (Å²) in [5.41, 5.74) is 3.16. The average Bonchev–Trinajstić information content (AvgIpc) is 3.65. The lowest BCUT2D eigenvalue weighted by atomic mass is 10.1. The predicted octanol–water partition coefficient (Wildman–Crippen LogP) is 5.19. The smallest absolute Gasteiger partial charge is 0.241 e. The second-order valence-electron chi connectivity index (χ2n) is 9.77. The molecule has 0 spiro atoms. The molecular formula is C29H24F2N4O3S. The Labute approximate surface area is 224 Å². The number of aromatic nitrogens is 2. The van der Waals surface area contributed by atoms with Crippen LogP contribution < -0.4 is 9.62 Å². The zero-order valence-corrected chi connectivity index (χ0v) is 21.5. The van der Waals surface area contributed by atoms with Gasteiger partial charge in [-0.15, -0.1) is 0 Å². The van der Waals surface area contributed by atoms with E-state index in [1.165, 1.54) is 29.2 Å². The lowest BCUT2D eigenvalue weighted by molar-refractivity contribution is -0.119. The third kappa shape index (κ3) is 5.05. The summed E-state index contributed by atoms with van der Waals surface area (Å²) in [5.74, 6) is -1.17. The van der Waals surface area contributed by atoms with Crippen molar-refractivity contribution in [3.63, 3.8) is 0 Å². The van der Waals surface area contributed by atoms with Crippen molar-refractivity contribution in [2.75, 3.05) is 4.90 Å². The minimum absolute atomic E-state index is 0.0245. The number of fused-ring (bicyclic) bond motifs is 1. The minimum Gasteiger partial charge on any atom is -0.274 e. The van der Waals surface area contributed by atoms with Gasteiger partial charge in [0.05, 0.1) is 10.6 Å². The van der Waals surface area contributed by atoms with E-state index in [2.05, 4.69) is 14.7 Å². The first-order chi connectivity index (χ1) is 18.8. The highest BCUT2D eigenvalue weighted by Crippen LogP contribution is 2.50. The maximum Gasteiger partial charge on any atom is 0.241 e. The van der Waals surface area contributed by atoms with Crippen LogP contribution >= 0.6 is 0 Å². The van der Waals surface area contributed by atoms with Crippen LogP contribution in [0, 0.1) is 17.6 Å². The Balaban J connectivity index is 1.30. The standard InChI is InChI=1S/C29H24F2N4O3S/c30-20-6-2-18(3-7-20)24-17-26(24)28(36)35(29-32-14-1-15-33-29)22-10-4-19-5-13-27(25(19)16-22)34-39(37,38)23-11-8-21(31)9-12-23/h1-4,6-12,14-16,24,26-27,34H,5,13,17H2. The fraction of sp³-hybridized carbons (Fsp3) is 0.207. The average molecular weight is 547 g/mol. The number of hydrogen-bond acceptors (Lipinski definition) is 5. The number of carbonyl (C=O) groups is 1. The largest absolute Gasteiger partial charge is 0.274 e. The highest BCUT2D eigenvalue weighted by molar-refractivity contribution is 7.89. The SMILES string of the molecule is O=C(C1CC1c1ccc(F)cc1)N(c1ccc2c(c1)C(NS(=O)(=O)c1ccc(F)cc1)CC2)c1ncccn1. The predicted molar refractivity (Wildman–Crippen MR) is 141 cm³/mol. The van der Waals surface area contributed by atoms with Crippen molar-refractivity contribution in [2.45, 2.75) is 36.1 Å². The molecule has 1 saturated carbocycles. The van der Waals surface area contributed by atoms with E-state index in [0.717, 1.165) is 28.8 Å². The molecular weight excluding hydrogens is 522 g/mol. The first kappa shape index (κ1) is 25.3. The maximum atomic E-state index is 13.8. The molecule has 0 bridgehead atoms. The molecule has 3 unspecified atom stereocenters. The molecule has 6 rings (SSSR count). The van der Waals surface area contributed by atoms with Crippen molar-refractivity contribution >= 4 is 27.6 Å². The molecule has 198 valence electrons. The molecule has 10 heteroatoms. The number of carbonyl (C=O) groups excluding carboxylic acids is 1. The van der Waals surface area contributed by atoms with Gasteiger partial charge in [-0.3, -0.25) is 4.79 Å². The molecule has 0 radical (unpaired) electrons. The van der Waals surface area contributed by atoms with Gasteiger partial charge in [-0.2, -0.15) is 0 Å². The Morgan fingerprint density at radius 1 is 0.923 bits per heavy atom. The molecule has 2 aliphatic rings. The molecule has 1 fully saturated rings. The van der Waals surface area contributed by atoms with Crippen LogP contribution in [0.25, 0.3) is 0 Å². The van der Waals surface area contributed by atoms with Crippen LogP contribution in [0.4, 0.5) is 20.4 Å². The number of halogens is 2. The van der Waals surface area contributed by atoms with Crippen molar-refractivity contribution in [1.29, 1.82) is 0 Å². The summed E-state index contributed by atoms with van der Waals surface area (Å²) in [6.07, 6.45) is 4.94. The van der Waals surface area contributed by atoms with E-state index in [1.54, 1.807) is 30.6 Å². The van der Waals surface area contributed by atoms with Gasteiger partial charge in [0.15, 0.2) is 0 Å². The number of rotatable bonds is 7. The molecule has 1 aromatic heterocycles. The van der Waals surface area contributed by atoms with Crippen LogP contribution in [0.5, 0.6) is 0 Å². The zero-order chi connectivity index (χ0) is 27.1. The monoisotopic (exact) mass is 546 g/mol. The molecule has 7 nitrogen and oxygen atoms in total. The van der Waals surface area contributed by atoms with Gasteiger partial charge in [0.2, 0.25) is 21.9 Å². The summed E-state index contributed by atoms with van der Waals surface area (Å²) in [6, 6.07) is 17.5. The van der Waals surface area contributed by atoms with E-state index >= 15 is 0 Å². The van der Waals surface area contributed by atoms with Crippen LogP contribution in [-0.2, 0) is 21.2 Å². The zero-order valence-electron chi connectivity index (χ0n) is 20.7. The van der Waals surface area contributed by atoms with Gasteiger partial charge in [0.25, 0.3) is 0 Å². The summed E-state index contributed by atoms with van der Waals surface area (Å²) >= 11 is 0. The van der Waals surface area contributed by atoms with Crippen LogP contribution in [0.2, 0.25) is 0 Å². The normalized spacial score (nSPS) is 19.9. The molecule has 3 atom stereocenters. The van der Waals surface area contributed by atoms with Crippen LogP contribution in [0.3, 0.4) is 0 Å². The van der Waals surface area contributed by atoms with E-state index in [1.807, 2.05) is 18.2 Å². The second-order valence-corrected chi connectivity index (χ2v) is 11.5. The fourth-order valence-electron chi connectivity index (χ4n) is 5.18. The van der Waals surface area contributed by atoms with Crippen molar-refractivity contribution < 1.29 is 22.0 Å². The summed E-state index contributed by atoms with van der Waals surface area (Å²) < 4.78 is 55.5. The fourth-order valence-corrected chi connectivity index (χ4v) is 6.43. The quantitative estimate of drug-likeness (QED) is 0.345. The van der Waals surface area contributed by atoms with Gasteiger partial charge in [-0.1, -0.05) is 18.2 Å². The first-order valence-corrected chi connectivity index (χ1v) is 14.1. The van der Waals surface area contributed by atoms with Gasteiger partial charge in [-0.05, 0) is 96.5 Å². The Hall–Kier alpha value is -4.02. The van der Waals surface area contributed by atoms with Crippen molar-refractivity contribution in [2.24, 2.45) is 5.92 Å². The van der Waals surface area contributed by atoms with Crippen LogP contribution in [0.1, 0.15) is 41.5 Å². The van der Waals surface area contributed by atoms with Crippen molar-refractivity contribution in [3.05, 3.63) is 114 Å². The number of nitrogens with one attached hydrogen (secondary N) is 1. The number of hydrogen-bond donors (Lipinski definition) is 1. The molecule has 3 aromatic carbocycles. The topological polar surface area (TPSA) is 92.3 Å². The van der Waals surface area contributed by atoms with Gasteiger partial charge in [0.1, 0.15) is 11.6 Å². The lowest BCUT2D eigenvalue weighted by Gasteiger charge is -2.23. The van der Waals surface area contributed by atoms with Crippen molar-refractivity contribution in [1.82, 2.24) is 14.7 Å². The molecule has 2 aliphatic carbocycles. The van der Waals surface area contributed by atoms with E-state index < -0.39 is 21.9 Å². The summed E-state index contributed by atoms with van der Waals surface area (Å²) in [5, 5.41) is 0. The number of aryl methyl sites for hydroxylation is 1. The van der Waals surface area contributed by atoms with E-state index in [4.69, 9.17) is 0 Å². The second kappa shape index (κ2) is 9.94.